The lowest BCUT2D eigenvalue weighted by Crippen LogP contribution is -2.01. The van der Waals surface area contributed by atoms with Gasteiger partial charge in [-0.15, -0.1) is 0 Å². The maximum absolute atomic E-state index is 11.9. The van der Waals surface area contributed by atoms with Crippen molar-refractivity contribution in [2.45, 2.75) is 0 Å². The summed E-state index contributed by atoms with van der Waals surface area (Å²) < 4.78 is 5.05. The van der Waals surface area contributed by atoms with Gasteiger partial charge in [-0.3, -0.25) is 10.1 Å². The van der Waals surface area contributed by atoms with E-state index >= 15 is 0 Å². The topological polar surface area (TPSA) is 81.8 Å². The predicted octanol–water partition coefficient (Wildman–Crippen LogP) is 4.26. The third-order valence-electron chi connectivity index (χ3n) is 3.35. The van der Waals surface area contributed by atoms with Gasteiger partial charge in [0, 0.05) is 17.2 Å². The first-order valence-electron chi connectivity index (χ1n) is 7.22. The molecule has 0 N–H and O–H groups in total. The van der Waals surface area contributed by atoms with Crippen molar-refractivity contribution in [1.82, 2.24) is 0 Å². The smallest absolute Gasteiger partial charge is 0.363 e. The van der Waals surface area contributed by atoms with Crippen molar-refractivity contribution in [3.8, 4) is 0 Å². The molecule has 2 aromatic carbocycles. The number of rotatable bonds is 4. The van der Waals surface area contributed by atoms with E-state index < -0.39 is 10.9 Å². The molecule has 0 spiro atoms. The van der Waals surface area contributed by atoms with Crippen LogP contribution in [-0.4, -0.2) is 16.8 Å². The Morgan fingerprint density at radius 2 is 1.80 bits per heavy atom. The van der Waals surface area contributed by atoms with Gasteiger partial charge in [0.15, 0.2) is 5.70 Å². The van der Waals surface area contributed by atoms with Crippen LogP contribution >= 0.6 is 11.6 Å². The highest BCUT2D eigenvalue weighted by molar-refractivity contribution is 6.30. The number of para-hydroxylation sites is 1. The van der Waals surface area contributed by atoms with Crippen molar-refractivity contribution < 1.29 is 14.5 Å². The van der Waals surface area contributed by atoms with Gasteiger partial charge >= 0.3 is 5.97 Å². The second kappa shape index (κ2) is 7.11. The van der Waals surface area contributed by atoms with Gasteiger partial charge in [-0.05, 0) is 35.9 Å². The van der Waals surface area contributed by atoms with Crippen molar-refractivity contribution >= 4 is 41.3 Å². The van der Waals surface area contributed by atoms with E-state index in [0.717, 1.165) is 5.56 Å². The Morgan fingerprint density at radius 1 is 1.08 bits per heavy atom. The Labute approximate surface area is 147 Å². The molecule has 0 fully saturated rings. The quantitative estimate of drug-likeness (QED) is 0.355. The van der Waals surface area contributed by atoms with Crippen LogP contribution in [0.4, 0.5) is 5.69 Å². The van der Waals surface area contributed by atoms with Crippen LogP contribution in [0.1, 0.15) is 11.1 Å². The molecule has 6 nitrogen and oxygen atoms in total. The minimum Gasteiger partial charge on any atom is -0.403 e. The first-order chi connectivity index (χ1) is 12.0. The number of aliphatic imine (C=N–C) groups is 1. The summed E-state index contributed by atoms with van der Waals surface area (Å²) in [6.45, 7) is 0. The molecule has 0 atom stereocenters. The number of carbonyl (C=O) groups is 1. The number of nitro benzene ring substituents is 1. The second-order valence-electron chi connectivity index (χ2n) is 5.07. The Bertz CT molecular complexity index is 930. The first kappa shape index (κ1) is 16.6. The summed E-state index contributed by atoms with van der Waals surface area (Å²) in [4.78, 5) is 26.5. The largest absolute Gasteiger partial charge is 0.403 e. The number of nitro groups is 1. The Kier molecular flexibility index (Phi) is 4.72. The molecule has 3 rings (SSSR count). The number of esters is 1. The first-order valence-corrected chi connectivity index (χ1v) is 7.60. The molecule has 0 unspecified atom stereocenters. The summed E-state index contributed by atoms with van der Waals surface area (Å²) in [7, 11) is 0. The summed E-state index contributed by atoms with van der Waals surface area (Å²) in [5.74, 6) is -0.543. The number of carbonyl (C=O) groups excluding carboxylic acids is 1. The summed E-state index contributed by atoms with van der Waals surface area (Å²) in [5.41, 5.74) is 1.04. The molecule has 1 heterocycles. The maximum atomic E-state index is 11.9. The van der Waals surface area contributed by atoms with Gasteiger partial charge in [0.1, 0.15) is 0 Å². The molecule has 1 aliphatic rings. The van der Waals surface area contributed by atoms with E-state index in [-0.39, 0.29) is 22.8 Å². The van der Waals surface area contributed by atoms with Crippen molar-refractivity contribution in [3.63, 3.8) is 0 Å². The van der Waals surface area contributed by atoms with Crippen LogP contribution in [0.25, 0.3) is 12.2 Å². The van der Waals surface area contributed by atoms with Crippen molar-refractivity contribution in [2.75, 3.05) is 0 Å². The van der Waals surface area contributed by atoms with Crippen LogP contribution < -0.4 is 0 Å². The van der Waals surface area contributed by atoms with E-state index in [2.05, 4.69) is 4.99 Å². The van der Waals surface area contributed by atoms with E-state index in [1.54, 1.807) is 48.6 Å². The van der Waals surface area contributed by atoms with E-state index in [9.17, 15) is 14.9 Å². The zero-order valence-electron chi connectivity index (χ0n) is 12.8. The predicted molar refractivity (Wildman–Crippen MR) is 95.1 cm³/mol. The SMILES string of the molecule is O=C1OC(C=Cc2ccc(Cl)cc2)=NC1=Cc1ccccc1[N+](=O)[O-]. The Balaban J connectivity index is 1.85. The van der Waals surface area contributed by atoms with Gasteiger partial charge in [0.25, 0.3) is 5.69 Å². The average Bonchev–Trinajstić information content (AvgIpc) is 2.94. The number of benzene rings is 2. The van der Waals surface area contributed by atoms with E-state index in [1.807, 2.05) is 0 Å². The molecular weight excluding hydrogens is 344 g/mol. The lowest BCUT2D eigenvalue weighted by molar-refractivity contribution is -0.385. The third kappa shape index (κ3) is 3.99. The molecule has 0 saturated heterocycles. The molecular formula is C18H11ClN2O4. The summed E-state index contributed by atoms with van der Waals surface area (Å²) >= 11 is 5.82. The highest BCUT2D eigenvalue weighted by Gasteiger charge is 2.22. The number of hydrogen-bond donors (Lipinski definition) is 0. The molecule has 0 saturated carbocycles. The molecule has 124 valence electrons. The van der Waals surface area contributed by atoms with Crippen LogP contribution in [0.3, 0.4) is 0 Å². The molecule has 7 heteroatoms. The fraction of sp³-hybridized carbons (Fsp3) is 0. The van der Waals surface area contributed by atoms with Crippen LogP contribution in [0, 0.1) is 10.1 Å². The van der Waals surface area contributed by atoms with Gasteiger partial charge in [-0.1, -0.05) is 35.9 Å². The van der Waals surface area contributed by atoms with Crippen molar-refractivity contribution in [3.05, 3.63) is 86.6 Å². The van der Waals surface area contributed by atoms with Crippen molar-refractivity contribution in [1.29, 1.82) is 0 Å². The van der Waals surface area contributed by atoms with E-state index in [4.69, 9.17) is 16.3 Å². The van der Waals surface area contributed by atoms with Crippen LogP contribution in [0.15, 0.2) is 65.3 Å². The van der Waals surface area contributed by atoms with Gasteiger partial charge in [-0.2, -0.15) is 0 Å². The monoisotopic (exact) mass is 354 g/mol. The van der Waals surface area contributed by atoms with Gasteiger partial charge in [-0.25, -0.2) is 9.79 Å². The fourth-order valence-corrected chi connectivity index (χ4v) is 2.29. The summed E-state index contributed by atoms with van der Waals surface area (Å²) in [6.07, 6.45) is 4.60. The number of cyclic esters (lactones) is 1. The zero-order valence-corrected chi connectivity index (χ0v) is 13.5. The van der Waals surface area contributed by atoms with Crippen LogP contribution in [0.5, 0.6) is 0 Å². The van der Waals surface area contributed by atoms with E-state index in [1.165, 1.54) is 18.2 Å². The fourth-order valence-electron chi connectivity index (χ4n) is 2.16. The number of ether oxygens (including phenoxy) is 1. The Morgan fingerprint density at radius 3 is 2.52 bits per heavy atom. The number of hydrogen-bond acceptors (Lipinski definition) is 5. The van der Waals surface area contributed by atoms with Gasteiger partial charge in [0.05, 0.1) is 10.5 Å². The molecule has 0 aromatic heterocycles. The minimum atomic E-state index is -0.658. The normalized spacial score (nSPS) is 15.5. The average molecular weight is 355 g/mol. The lowest BCUT2D eigenvalue weighted by atomic mass is 10.1. The molecule has 0 aliphatic carbocycles. The molecule has 0 radical (unpaired) electrons. The van der Waals surface area contributed by atoms with Crippen LogP contribution in [-0.2, 0) is 9.53 Å². The standard InChI is InChI=1S/C18H11ClN2O4/c19-14-8-5-12(6-9-14)7-10-17-20-15(18(22)25-17)11-13-3-1-2-4-16(13)21(23)24/h1-11H. The zero-order chi connectivity index (χ0) is 17.8. The number of nitrogens with zero attached hydrogens (tertiary/aromatic N) is 2. The highest BCUT2D eigenvalue weighted by atomic mass is 35.5. The van der Waals surface area contributed by atoms with Gasteiger partial charge < -0.3 is 4.74 Å². The number of halogens is 1. The molecule has 25 heavy (non-hydrogen) atoms. The summed E-state index contributed by atoms with van der Waals surface area (Å²) in [5, 5.41) is 11.7. The highest BCUT2D eigenvalue weighted by Crippen LogP contribution is 2.23. The third-order valence-corrected chi connectivity index (χ3v) is 3.60. The van der Waals surface area contributed by atoms with Gasteiger partial charge in [0.2, 0.25) is 5.90 Å². The molecule has 0 bridgehead atoms. The summed E-state index contributed by atoms with van der Waals surface area (Å²) in [6, 6.07) is 13.2. The maximum Gasteiger partial charge on any atom is 0.363 e. The molecule has 1 aliphatic heterocycles. The second-order valence-corrected chi connectivity index (χ2v) is 5.51. The molecule has 2 aromatic rings. The van der Waals surface area contributed by atoms with Crippen molar-refractivity contribution in [2.24, 2.45) is 4.99 Å². The minimum absolute atomic E-state index is 0.00468. The molecule has 0 amide bonds. The van der Waals surface area contributed by atoms with E-state index in [0.29, 0.717) is 5.02 Å². The van der Waals surface area contributed by atoms with Crippen LogP contribution in [0.2, 0.25) is 5.02 Å². The Hall–Kier alpha value is -3.25. The lowest BCUT2D eigenvalue weighted by Gasteiger charge is -1.96.